The van der Waals surface area contributed by atoms with Gasteiger partial charge in [-0.25, -0.2) is 9.67 Å². The average molecular weight is 258 g/mol. The summed E-state index contributed by atoms with van der Waals surface area (Å²) in [5.74, 6) is 1.57. The molecule has 1 fully saturated rings. The molecule has 5 nitrogen and oxygen atoms in total. The van der Waals surface area contributed by atoms with E-state index in [0.29, 0.717) is 5.82 Å². The lowest BCUT2D eigenvalue weighted by atomic mass is 9.93. The van der Waals surface area contributed by atoms with Crippen LogP contribution in [0, 0.1) is 6.92 Å². The van der Waals surface area contributed by atoms with Crippen LogP contribution in [0.3, 0.4) is 0 Å². The maximum Gasteiger partial charge on any atom is 0.181 e. The zero-order valence-corrected chi connectivity index (χ0v) is 11.0. The molecular formula is C14H18N4O. The van der Waals surface area contributed by atoms with E-state index in [0.717, 1.165) is 37.1 Å². The molecule has 0 spiro atoms. The van der Waals surface area contributed by atoms with Crippen LogP contribution in [0.2, 0.25) is 0 Å². The molecule has 0 radical (unpaired) electrons. The second-order valence-corrected chi connectivity index (χ2v) is 5.08. The first-order valence-corrected chi connectivity index (χ1v) is 6.77. The van der Waals surface area contributed by atoms with Crippen molar-refractivity contribution in [3.8, 4) is 11.4 Å². The van der Waals surface area contributed by atoms with E-state index in [1.54, 1.807) is 12.4 Å². The van der Waals surface area contributed by atoms with Gasteiger partial charge in [0.25, 0.3) is 0 Å². The van der Waals surface area contributed by atoms with Crippen molar-refractivity contribution in [1.29, 1.82) is 0 Å². The standard InChI is InChI=1S/C14H18N4O/c1-10-16-14(11-6-8-15-9-7-11)17-18(10)12-4-2-3-5-13(12)19/h6-9,12-13,19H,2-5H2,1H3/t12-,13-/m0/s1. The second kappa shape index (κ2) is 5.09. The number of pyridine rings is 1. The minimum Gasteiger partial charge on any atom is -0.391 e. The number of aryl methyl sites for hydroxylation is 1. The van der Waals surface area contributed by atoms with Gasteiger partial charge in [0, 0.05) is 18.0 Å². The summed E-state index contributed by atoms with van der Waals surface area (Å²) in [6, 6.07) is 3.86. The third-order valence-electron chi connectivity index (χ3n) is 3.75. The SMILES string of the molecule is Cc1nc(-c2ccncc2)nn1[C@H]1CCCC[C@@H]1O. The molecule has 0 aliphatic heterocycles. The van der Waals surface area contributed by atoms with Crippen molar-refractivity contribution >= 4 is 0 Å². The van der Waals surface area contributed by atoms with Gasteiger partial charge < -0.3 is 5.11 Å². The fourth-order valence-corrected chi connectivity index (χ4v) is 2.72. The van der Waals surface area contributed by atoms with Gasteiger partial charge in [0.15, 0.2) is 5.82 Å². The molecule has 3 rings (SSSR count). The zero-order chi connectivity index (χ0) is 13.2. The van der Waals surface area contributed by atoms with Gasteiger partial charge in [-0.05, 0) is 31.9 Å². The van der Waals surface area contributed by atoms with Crippen LogP contribution in [-0.4, -0.2) is 31.0 Å². The highest BCUT2D eigenvalue weighted by Gasteiger charge is 2.27. The third-order valence-corrected chi connectivity index (χ3v) is 3.75. The Hall–Kier alpha value is -1.75. The van der Waals surface area contributed by atoms with E-state index >= 15 is 0 Å². The monoisotopic (exact) mass is 258 g/mol. The van der Waals surface area contributed by atoms with Crippen molar-refractivity contribution < 1.29 is 5.11 Å². The number of aliphatic hydroxyl groups is 1. The number of hydrogen-bond acceptors (Lipinski definition) is 4. The van der Waals surface area contributed by atoms with Crippen LogP contribution in [0.5, 0.6) is 0 Å². The molecule has 2 heterocycles. The molecule has 1 saturated carbocycles. The number of aliphatic hydroxyl groups excluding tert-OH is 1. The minimum absolute atomic E-state index is 0.0665. The summed E-state index contributed by atoms with van der Waals surface area (Å²) >= 11 is 0. The predicted octanol–water partition coefficient (Wildman–Crippen LogP) is 2.12. The van der Waals surface area contributed by atoms with Crippen LogP contribution >= 0.6 is 0 Å². The second-order valence-electron chi connectivity index (χ2n) is 5.08. The molecule has 0 unspecified atom stereocenters. The fourth-order valence-electron chi connectivity index (χ4n) is 2.72. The molecule has 2 aromatic heterocycles. The van der Waals surface area contributed by atoms with Crippen molar-refractivity contribution in [2.45, 2.75) is 44.8 Å². The predicted molar refractivity (Wildman–Crippen MR) is 71.5 cm³/mol. The molecule has 1 N–H and O–H groups in total. The Morgan fingerprint density at radius 2 is 1.95 bits per heavy atom. The van der Waals surface area contributed by atoms with Gasteiger partial charge in [-0.3, -0.25) is 4.98 Å². The van der Waals surface area contributed by atoms with Gasteiger partial charge in [-0.2, -0.15) is 5.10 Å². The molecule has 100 valence electrons. The molecule has 0 aromatic carbocycles. The lowest BCUT2D eigenvalue weighted by Gasteiger charge is -2.28. The lowest BCUT2D eigenvalue weighted by molar-refractivity contribution is 0.0682. The van der Waals surface area contributed by atoms with E-state index < -0.39 is 0 Å². The van der Waals surface area contributed by atoms with Crippen molar-refractivity contribution in [3.05, 3.63) is 30.4 Å². The first kappa shape index (κ1) is 12.3. The smallest absolute Gasteiger partial charge is 0.181 e. The van der Waals surface area contributed by atoms with Crippen molar-refractivity contribution in [2.75, 3.05) is 0 Å². The Morgan fingerprint density at radius 1 is 1.21 bits per heavy atom. The van der Waals surface area contributed by atoms with E-state index in [1.807, 2.05) is 23.7 Å². The van der Waals surface area contributed by atoms with E-state index in [-0.39, 0.29) is 12.1 Å². The molecular weight excluding hydrogens is 240 g/mol. The van der Waals surface area contributed by atoms with Crippen LogP contribution in [0.25, 0.3) is 11.4 Å². The molecule has 5 heteroatoms. The molecule has 1 aliphatic carbocycles. The van der Waals surface area contributed by atoms with Gasteiger partial charge in [-0.15, -0.1) is 0 Å². The van der Waals surface area contributed by atoms with E-state index in [4.69, 9.17) is 0 Å². The molecule has 1 aliphatic rings. The summed E-state index contributed by atoms with van der Waals surface area (Å²) in [6.07, 6.45) is 7.24. The average Bonchev–Trinajstić information content (AvgIpc) is 2.82. The van der Waals surface area contributed by atoms with Gasteiger partial charge in [0.2, 0.25) is 0 Å². The van der Waals surface area contributed by atoms with Crippen molar-refractivity contribution in [2.24, 2.45) is 0 Å². The van der Waals surface area contributed by atoms with E-state index in [9.17, 15) is 5.11 Å². The Morgan fingerprint density at radius 3 is 2.68 bits per heavy atom. The normalized spacial score (nSPS) is 23.5. The summed E-state index contributed by atoms with van der Waals surface area (Å²) < 4.78 is 1.89. The first-order valence-electron chi connectivity index (χ1n) is 6.77. The van der Waals surface area contributed by atoms with Crippen LogP contribution in [-0.2, 0) is 0 Å². The summed E-state index contributed by atoms with van der Waals surface area (Å²) in [7, 11) is 0. The van der Waals surface area contributed by atoms with Crippen LogP contribution < -0.4 is 0 Å². The highest BCUT2D eigenvalue weighted by atomic mass is 16.3. The van der Waals surface area contributed by atoms with Gasteiger partial charge in [-0.1, -0.05) is 12.8 Å². The summed E-state index contributed by atoms with van der Waals surface area (Å²) in [6.45, 7) is 1.94. The van der Waals surface area contributed by atoms with Gasteiger partial charge in [0.05, 0.1) is 12.1 Å². The maximum atomic E-state index is 10.1. The summed E-state index contributed by atoms with van der Waals surface area (Å²) in [4.78, 5) is 8.50. The molecule has 0 bridgehead atoms. The molecule has 2 atom stereocenters. The number of nitrogens with zero attached hydrogens (tertiary/aromatic N) is 4. The first-order chi connectivity index (χ1) is 9.25. The highest BCUT2D eigenvalue weighted by Crippen LogP contribution is 2.29. The third kappa shape index (κ3) is 2.38. The topological polar surface area (TPSA) is 63.8 Å². The summed E-state index contributed by atoms with van der Waals surface area (Å²) in [5.41, 5.74) is 0.960. The van der Waals surface area contributed by atoms with E-state index in [1.165, 1.54) is 0 Å². The molecule has 0 amide bonds. The van der Waals surface area contributed by atoms with Crippen LogP contribution in [0.4, 0.5) is 0 Å². The van der Waals surface area contributed by atoms with E-state index in [2.05, 4.69) is 15.1 Å². The minimum atomic E-state index is -0.306. The van der Waals surface area contributed by atoms with Crippen LogP contribution in [0.1, 0.15) is 37.5 Å². The zero-order valence-electron chi connectivity index (χ0n) is 11.0. The van der Waals surface area contributed by atoms with Crippen molar-refractivity contribution in [1.82, 2.24) is 19.7 Å². The highest BCUT2D eigenvalue weighted by molar-refractivity contribution is 5.53. The number of hydrogen-bond donors (Lipinski definition) is 1. The molecule has 0 saturated heterocycles. The van der Waals surface area contributed by atoms with Crippen LogP contribution in [0.15, 0.2) is 24.5 Å². The van der Waals surface area contributed by atoms with Gasteiger partial charge in [0.1, 0.15) is 5.82 Å². The fraction of sp³-hybridized carbons (Fsp3) is 0.500. The maximum absolute atomic E-state index is 10.1. The quantitative estimate of drug-likeness (QED) is 0.896. The molecule has 2 aromatic rings. The Balaban J connectivity index is 1.93. The number of rotatable bonds is 2. The Bertz CT molecular complexity index is 552. The Kier molecular flexibility index (Phi) is 3.29. The molecule has 19 heavy (non-hydrogen) atoms. The number of aromatic nitrogens is 4. The lowest BCUT2D eigenvalue weighted by Crippen LogP contribution is -2.29. The Labute approximate surface area is 112 Å². The van der Waals surface area contributed by atoms with Crippen molar-refractivity contribution in [3.63, 3.8) is 0 Å². The van der Waals surface area contributed by atoms with Gasteiger partial charge >= 0.3 is 0 Å². The largest absolute Gasteiger partial charge is 0.391 e. The summed E-state index contributed by atoms with van der Waals surface area (Å²) in [5, 5.41) is 14.7.